The Hall–Kier alpha value is -1.85. The second kappa shape index (κ2) is 3.13. The molecule has 1 aliphatic carbocycles. The van der Waals surface area contributed by atoms with Crippen molar-refractivity contribution in [2.24, 2.45) is 0 Å². The Morgan fingerprint density at radius 3 is 2.86 bits per heavy atom. The van der Waals surface area contributed by atoms with Gasteiger partial charge in [-0.3, -0.25) is 0 Å². The third kappa shape index (κ3) is 1.73. The van der Waals surface area contributed by atoms with Crippen LogP contribution in [-0.2, 0) is 0 Å². The van der Waals surface area contributed by atoms with Gasteiger partial charge in [0.05, 0.1) is 0 Å². The van der Waals surface area contributed by atoms with Crippen LogP contribution in [0.2, 0.25) is 0 Å². The SMILES string of the molecule is Nc1ccc(NC2CC2)nc1[N+](=O)[O-]. The van der Waals surface area contributed by atoms with E-state index < -0.39 is 4.92 Å². The van der Waals surface area contributed by atoms with Crippen LogP contribution in [0.4, 0.5) is 17.3 Å². The zero-order valence-electron chi connectivity index (χ0n) is 7.43. The molecule has 1 saturated carbocycles. The summed E-state index contributed by atoms with van der Waals surface area (Å²) in [5.41, 5.74) is 5.50. The largest absolute Gasteiger partial charge is 0.392 e. The van der Waals surface area contributed by atoms with Crippen molar-refractivity contribution in [1.82, 2.24) is 4.98 Å². The number of pyridine rings is 1. The molecule has 0 aliphatic heterocycles. The van der Waals surface area contributed by atoms with Crippen molar-refractivity contribution in [2.45, 2.75) is 18.9 Å². The van der Waals surface area contributed by atoms with Gasteiger partial charge in [0.2, 0.25) is 5.82 Å². The molecule has 0 bridgehead atoms. The standard InChI is InChI=1S/C8H10N4O2/c9-6-3-4-7(10-5-1-2-5)11-8(6)12(13)14/h3-5H,1-2,9H2,(H,10,11). The van der Waals surface area contributed by atoms with Gasteiger partial charge in [0, 0.05) is 12.1 Å². The summed E-state index contributed by atoms with van der Waals surface area (Å²) in [4.78, 5) is 13.8. The minimum absolute atomic E-state index is 0.0938. The van der Waals surface area contributed by atoms with E-state index >= 15 is 0 Å². The number of anilines is 2. The maximum atomic E-state index is 10.5. The van der Waals surface area contributed by atoms with Gasteiger partial charge < -0.3 is 21.2 Å². The summed E-state index contributed by atoms with van der Waals surface area (Å²) in [6.07, 6.45) is 2.19. The first kappa shape index (κ1) is 8.74. The van der Waals surface area contributed by atoms with Gasteiger partial charge in [-0.05, 0) is 28.8 Å². The summed E-state index contributed by atoms with van der Waals surface area (Å²) in [6.45, 7) is 0. The Morgan fingerprint density at radius 2 is 2.29 bits per heavy atom. The fourth-order valence-corrected chi connectivity index (χ4v) is 1.12. The fraction of sp³-hybridized carbons (Fsp3) is 0.375. The topological polar surface area (TPSA) is 94.1 Å². The highest BCUT2D eigenvalue weighted by Crippen LogP contribution is 2.26. The molecule has 1 aromatic rings. The molecule has 0 unspecified atom stereocenters. The van der Waals surface area contributed by atoms with Crippen molar-refractivity contribution in [3.8, 4) is 0 Å². The van der Waals surface area contributed by atoms with Gasteiger partial charge in [-0.1, -0.05) is 0 Å². The van der Waals surface area contributed by atoms with Gasteiger partial charge in [0.1, 0.15) is 5.69 Å². The molecule has 0 aromatic carbocycles. The first-order valence-corrected chi connectivity index (χ1v) is 4.34. The van der Waals surface area contributed by atoms with Gasteiger partial charge in [0.15, 0.2) is 0 Å². The predicted octanol–water partition coefficient (Wildman–Crippen LogP) is 1.15. The number of nitrogens with one attached hydrogen (secondary N) is 1. The summed E-state index contributed by atoms with van der Waals surface area (Å²) >= 11 is 0. The van der Waals surface area contributed by atoms with Crippen LogP contribution in [0, 0.1) is 10.1 Å². The molecular weight excluding hydrogens is 184 g/mol. The minimum Gasteiger partial charge on any atom is -0.392 e. The predicted molar refractivity (Wildman–Crippen MR) is 51.9 cm³/mol. The van der Waals surface area contributed by atoms with Gasteiger partial charge in [-0.2, -0.15) is 0 Å². The third-order valence-electron chi connectivity index (χ3n) is 2.01. The van der Waals surface area contributed by atoms with E-state index in [1.54, 1.807) is 6.07 Å². The highest BCUT2D eigenvalue weighted by atomic mass is 16.6. The lowest BCUT2D eigenvalue weighted by molar-refractivity contribution is -0.388. The molecule has 1 heterocycles. The Bertz CT molecular complexity index is 376. The van der Waals surface area contributed by atoms with Crippen LogP contribution >= 0.6 is 0 Å². The fourth-order valence-electron chi connectivity index (χ4n) is 1.12. The molecule has 6 nitrogen and oxygen atoms in total. The summed E-state index contributed by atoms with van der Waals surface area (Å²) in [5.74, 6) is 0.240. The molecule has 0 saturated heterocycles. The molecule has 1 fully saturated rings. The molecule has 0 atom stereocenters. The molecule has 0 radical (unpaired) electrons. The first-order valence-electron chi connectivity index (χ1n) is 4.34. The lowest BCUT2D eigenvalue weighted by Crippen LogP contribution is -2.06. The second-order valence-electron chi connectivity index (χ2n) is 3.29. The molecule has 3 N–H and O–H groups in total. The molecule has 6 heteroatoms. The molecule has 74 valence electrons. The molecule has 0 amide bonds. The molecular formula is C8H10N4O2. The summed E-state index contributed by atoms with van der Waals surface area (Å²) in [6, 6.07) is 3.57. The number of nitrogens with zero attached hydrogens (tertiary/aromatic N) is 2. The third-order valence-corrected chi connectivity index (χ3v) is 2.01. The maximum absolute atomic E-state index is 10.5. The molecule has 2 rings (SSSR count). The van der Waals surface area contributed by atoms with E-state index in [0.717, 1.165) is 12.8 Å². The Balaban J connectivity index is 2.24. The molecule has 0 spiro atoms. The van der Waals surface area contributed by atoms with Crippen molar-refractivity contribution < 1.29 is 4.92 Å². The molecule has 1 aromatic heterocycles. The van der Waals surface area contributed by atoms with Crippen molar-refractivity contribution >= 4 is 17.3 Å². The van der Waals surface area contributed by atoms with Crippen LogP contribution in [0.15, 0.2) is 12.1 Å². The molecule has 14 heavy (non-hydrogen) atoms. The lowest BCUT2D eigenvalue weighted by Gasteiger charge is -2.00. The average Bonchev–Trinajstić information content (AvgIpc) is 2.92. The van der Waals surface area contributed by atoms with Crippen molar-refractivity contribution in [3.63, 3.8) is 0 Å². The number of aromatic nitrogens is 1. The van der Waals surface area contributed by atoms with E-state index in [0.29, 0.717) is 11.9 Å². The van der Waals surface area contributed by atoms with Crippen LogP contribution in [0.25, 0.3) is 0 Å². The van der Waals surface area contributed by atoms with Crippen LogP contribution in [0.5, 0.6) is 0 Å². The van der Waals surface area contributed by atoms with Crippen molar-refractivity contribution in [2.75, 3.05) is 11.1 Å². The smallest absolute Gasteiger partial charge is 0.388 e. The Labute approximate surface area is 80.3 Å². The van der Waals surface area contributed by atoms with E-state index in [4.69, 9.17) is 5.73 Å². The normalized spacial score (nSPS) is 15.1. The van der Waals surface area contributed by atoms with Gasteiger partial charge in [-0.25, -0.2) is 0 Å². The summed E-state index contributed by atoms with van der Waals surface area (Å²) < 4.78 is 0. The van der Waals surface area contributed by atoms with Gasteiger partial charge in [-0.15, -0.1) is 0 Å². The Kier molecular flexibility index (Phi) is 1.95. The van der Waals surface area contributed by atoms with E-state index in [1.807, 2.05) is 0 Å². The van der Waals surface area contributed by atoms with Gasteiger partial charge >= 0.3 is 5.82 Å². The number of rotatable bonds is 3. The van der Waals surface area contributed by atoms with Crippen LogP contribution < -0.4 is 11.1 Å². The van der Waals surface area contributed by atoms with E-state index in [2.05, 4.69) is 10.3 Å². The monoisotopic (exact) mass is 194 g/mol. The second-order valence-corrected chi connectivity index (χ2v) is 3.29. The van der Waals surface area contributed by atoms with E-state index in [1.165, 1.54) is 6.07 Å². The number of hydrogen-bond acceptors (Lipinski definition) is 5. The van der Waals surface area contributed by atoms with Crippen LogP contribution in [0.1, 0.15) is 12.8 Å². The maximum Gasteiger partial charge on any atom is 0.388 e. The highest BCUT2D eigenvalue weighted by Gasteiger charge is 2.24. The van der Waals surface area contributed by atoms with E-state index in [-0.39, 0.29) is 11.5 Å². The zero-order chi connectivity index (χ0) is 10.1. The van der Waals surface area contributed by atoms with Crippen molar-refractivity contribution in [3.05, 3.63) is 22.2 Å². The average molecular weight is 194 g/mol. The van der Waals surface area contributed by atoms with Crippen molar-refractivity contribution in [1.29, 1.82) is 0 Å². The number of nitro groups is 1. The van der Waals surface area contributed by atoms with E-state index in [9.17, 15) is 10.1 Å². The van der Waals surface area contributed by atoms with Crippen LogP contribution in [0.3, 0.4) is 0 Å². The van der Waals surface area contributed by atoms with Crippen LogP contribution in [-0.4, -0.2) is 15.9 Å². The Morgan fingerprint density at radius 1 is 1.57 bits per heavy atom. The number of nitrogens with two attached hydrogens (primary N) is 1. The van der Waals surface area contributed by atoms with Gasteiger partial charge in [0.25, 0.3) is 0 Å². The quantitative estimate of drug-likeness (QED) is 0.556. The number of nitrogen functional groups attached to an aromatic ring is 1. The first-order chi connectivity index (χ1) is 6.66. The zero-order valence-corrected chi connectivity index (χ0v) is 7.43. The highest BCUT2D eigenvalue weighted by molar-refractivity contribution is 5.57. The lowest BCUT2D eigenvalue weighted by atomic mass is 10.4. The summed E-state index contributed by atoms with van der Waals surface area (Å²) in [7, 11) is 0. The summed E-state index contributed by atoms with van der Waals surface area (Å²) in [5, 5.41) is 13.6. The minimum atomic E-state index is -0.576. The number of hydrogen-bond donors (Lipinski definition) is 2. The molecule has 1 aliphatic rings.